The Morgan fingerprint density at radius 3 is 2.84 bits per heavy atom. The topological polar surface area (TPSA) is 15.3 Å². The van der Waals surface area contributed by atoms with Crippen molar-refractivity contribution in [3.8, 4) is 0 Å². The molecule has 0 amide bonds. The van der Waals surface area contributed by atoms with Crippen molar-refractivity contribution in [1.82, 2.24) is 5.32 Å². The zero-order valence-corrected chi connectivity index (χ0v) is 12.2. The van der Waals surface area contributed by atoms with Gasteiger partial charge in [0.1, 0.15) is 5.82 Å². The maximum Gasteiger partial charge on any atom is 0.128 e. The van der Waals surface area contributed by atoms with E-state index in [1.807, 2.05) is 19.1 Å². The Bertz CT molecular complexity index is 419. The molecule has 0 saturated carbocycles. The van der Waals surface area contributed by atoms with Crippen LogP contribution in [0.4, 0.5) is 10.1 Å². The Morgan fingerprint density at radius 1 is 1.42 bits per heavy atom. The maximum atomic E-state index is 13.6. The molecule has 1 saturated heterocycles. The second-order valence-electron chi connectivity index (χ2n) is 5.71. The molecule has 0 spiro atoms. The van der Waals surface area contributed by atoms with Crippen molar-refractivity contribution in [2.24, 2.45) is 5.92 Å². The van der Waals surface area contributed by atoms with Gasteiger partial charge in [-0.3, -0.25) is 0 Å². The average Bonchev–Trinajstić information content (AvgIpc) is 2.40. The monoisotopic (exact) mass is 264 g/mol. The predicted octanol–water partition coefficient (Wildman–Crippen LogP) is 3.35. The highest BCUT2D eigenvalue weighted by atomic mass is 19.1. The minimum absolute atomic E-state index is 0.101. The third-order valence-electron chi connectivity index (χ3n) is 4.08. The van der Waals surface area contributed by atoms with Crippen molar-refractivity contribution in [3.63, 3.8) is 0 Å². The van der Waals surface area contributed by atoms with Gasteiger partial charge >= 0.3 is 0 Å². The van der Waals surface area contributed by atoms with Gasteiger partial charge < -0.3 is 10.2 Å². The Morgan fingerprint density at radius 2 is 2.21 bits per heavy atom. The molecular weight excluding hydrogens is 239 g/mol. The molecule has 0 aromatic heterocycles. The van der Waals surface area contributed by atoms with Crippen molar-refractivity contribution in [1.29, 1.82) is 0 Å². The number of hydrogen-bond donors (Lipinski definition) is 1. The van der Waals surface area contributed by atoms with E-state index < -0.39 is 0 Å². The first kappa shape index (κ1) is 14.3. The minimum Gasteiger partial charge on any atom is -0.371 e. The average molecular weight is 264 g/mol. The first-order chi connectivity index (χ1) is 9.11. The Hall–Kier alpha value is -1.09. The minimum atomic E-state index is -0.101. The molecule has 1 aliphatic heterocycles. The predicted molar refractivity (Wildman–Crippen MR) is 79.2 cm³/mol. The molecule has 106 valence electrons. The molecule has 1 aromatic rings. The van der Waals surface area contributed by atoms with Gasteiger partial charge in [0.15, 0.2) is 0 Å². The zero-order chi connectivity index (χ0) is 13.8. The normalized spacial score (nSPS) is 23.7. The summed E-state index contributed by atoms with van der Waals surface area (Å²) in [5, 5.41) is 3.61. The maximum absolute atomic E-state index is 13.6. The summed E-state index contributed by atoms with van der Waals surface area (Å²) < 4.78 is 13.6. The summed E-state index contributed by atoms with van der Waals surface area (Å²) in [6.07, 6.45) is 2.31. The standard InChI is InChI=1S/C16H25FN2/c1-4-8-18-16-7-9-19(11-13(16)3)14-6-5-12(2)15(17)10-14/h5-6,10,13,16,18H,4,7-9,11H2,1-3H3. The molecule has 0 radical (unpaired) electrons. The third-order valence-corrected chi connectivity index (χ3v) is 4.08. The van der Waals surface area contributed by atoms with Crippen molar-refractivity contribution in [2.75, 3.05) is 24.5 Å². The van der Waals surface area contributed by atoms with Gasteiger partial charge in [-0.2, -0.15) is 0 Å². The summed E-state index contributed by atoms with van der Waals surface area (Å²) >= 11 is 0. The van der Waals surface area contributed by atoms with Gasteiger partial charge in [0.05, 0.1) is 0 Å². The van der Waals surface area contributed by atoms with E-state index >= 15 is 0 Å². The highest BCUT2D eigenvalue weighted by Gasteiger charge is 2.25. The molecular formula is C16H25FN2. The summed E-state index contributed by atoms with van der Waals surface area (Å²) in [4.78, 5) is 2.30. The van der Waals surface area contributed by atoms with Gasteiger partial charge in [0.2, 0.25) is 0 Å². The number of rotatable bonds is 4. The van der Waals surface area contributed by atoms with Crippen LogP contribution in [0.1, 0.15) is 32.3 Å². The van der Waals surface area contributed by atoms with E-state index in [1.165, 1.54) is 6.42 Å². The molecule has 1 N–H and O–H groups in total. The highest BCUT2D eigenvalue weighted by Crippen LogP contribution is 2.25. The van der Waals surface area contributed by atoms with Gasteiger partial charge in [-0.25, -0.2) is 4.39 Å². The van der Waals surface area contributed by atoms with E-state index in [-0.39, 0.29) is 5.82 Å². The molecule has 0 bridgehead atoms. The van der Waals surface area contributed by atoms with Crippen molar-refractivity contribution < 1.29 is 4.39 Å². The van der Waals surface area contributed by atoms with E-state index in [9.17, 15) is 4.39 Å². The van der Waals surface area contributed by atoms with Crippen LogP contribution in [0.3, 0.4) is 0 Å². The van der Waals surface area contributed by atoms with Crippen molar-refractivity contribution in [3.05, 3.63) is 29.6 Å². The number of anilines is 1. The Balaban J connectivity index is 1.99. The summed E-state index contributed by atoms with van der Waals surface area (Å²) in [5.41, 5.74) is 1.74. The second-order valence-corrected chi connectivity index (χ2v) is 5.71. The number of benzene rings is 1. The first-order valence-electron chi connectivity index (χ1n) is 7.36. The third kappa shape index (κ3) is 3.47. The Labute approximate surface area is 116 Å². The lowest BCUT2D eigenvalue weighted by atomic mass is 9.93. The van der Waals surface area contributed by atoms with Crippen LogP contribution < -0.4 is 10.2 Å². The summed E-state index contributed by atoms with van der Waals surface area (Å²) in [6.45, 7) is 9.39. The zero-order valence-electron chi connectivity index (χ0n) is 12.2. The smallest absolute Gasteiger partial charge is 0.128 e. The SMILES string of the molecule is CCCNC1CCN(c2ccc(C)c(F)c2)CC1C. The molecule has 2 nitrogen and oxygen atoms in total. The molecule has 2 rings (SSSR count). The van der Waals surface area contributed by atoms with E-state index in [0.717, 1.165) is 37.3 Å². The van der Waals surface area contributed by atoms with Crippen LogP contribution >= 0.6 is 0 Å². The largest absolute Gasteiger partial charge is 0.371 e. The molecule has 0 aliphatic carbocycles. The Kier molecular flexibility index (Phi) is 4.81. The number of aryl methyl sites for hydroxylation is 1. The van der Waals surface area contributed by atoms with E-state index in [2.05, 4.69) is 24.1 Å². The summed E-state index contributed by atoms with van der Waals surface area (Å²) in [7, 11) is 0. The molecule has 1 aromatic carbocycles. The van der Waals surface area contributed by atoms with Gasteiger partial charge in [-0.15, -0.1) is 0 Å². The van der Waals surface area contributed by atoms with Gasteiger partial charge in [0.25, 0.3) is 0 Å². The number of hydrogen-bond acceptors (Lipinski definition) is 2. The highest BCUT2D eigenvalue weighted by molar-refractivity contribution is 5.48. The lowest BCUT2D eigenvalue weighted by Crippen LogP contribution is -2.48. The molecule has 1 heterocycles. The van der Waals surface area contributed by atoms with Crippen molar-refractivity contribution >= 4 is 5.69 Å². The first-order valence-corrected chi connectivity index (χ1v) is 7.36. The fraction of sp³-hybridized carbons (Fsp3) is 0.625. The number of nitrogens with one attached hydrogen (secondary N) is 1. The molecule has 1 fully saturated rings. The van der Waals surface area contributed by atoms with Crippen LogP contribution in [-0.2, 0) is 0 Å². The summed E-state index contributed by atoms with van der Waals surface area (Å²) in [6, 6.07) is 6.18. The van der Waals surface area contributed by atoms with E-state index in [1.54, 1.807) is 6.07 Å². The molecule has 19 heavy (non-hydrogen) atoms. The van der Waals surface area contributed by atoms with Crippen LogP contribution in [0.5, 0.6) is 0 Å². The molecule has 1 aliphatic rings. The van der Waals surface area contributed by atoms with Crippen LogP contribution in [0.2, 0.25) is 0 Å². The van der Waals surface area contributed by atoms with Gasteiger partial charge in [-0.1, -0.05) is 19.9 Å². The fourth-order valence-corrected chi connectivity index (χ4v) is 2.79. The lowest BCUT2D eigenvalue weighted by Gasteiger charge is -2.38. The number of piperidine rings is 1. The van der Waals surface area contributed by atoms with Gasteiger partial charge in [0, 0.05) is 24.8 Å². The lowest BCUT2D eigenvalue weighted by molar-refractivity contribution is 0.322. The van der Waals surface area contributed by atoms with Crippen LogP contribution in [0, 0.1) is 18.7 Å². The van der Waals surface area contributed by atoms with Crippen LogP contribution in [0.25, 0.3) is 0 Å². The van der Waals surface area contributed by atoms with Gasteiger partial charge in [-0.05, 0) is 49.9 Å². The second kappa shape index (κ2) is 6.38. The van der Waals surface area contributed by atoms with Crippen LogP contribution in [-0.4, -0.2) is 25.7 Å². The molecule has 2 unspecified atom stereocenters. The number of halogens is 1. The molecule has 3 heteroatoms. The quantitative estimate of drug-likeness (QED) is 0.897. The molecule has 2 atom stereocenters. The summed E-state index contributed by atoms with van der Waals surface area (Å²) in [5.74, 6) is 0.501. The van der Waals surface area contributed by atoms with E-state index in [0.29, 0.717) is 12.0 Å². The van der Waals surface area contributed by atoms with Crippen LogP contribution in [0.15, 0.2) is 18.2 Å². The van der Waals surface area contributed by atoms with E-state index in [4.69, 9.17) is 0 Å². The fourth-order valence-electron chi connectivity index (χ4n) is 2.79. The van der Waals surface area contributed by atoms with Crippen molar-refractivity contribution in [2.45, 2.75) is 39.7 Å². The number of nitrogens with zero attached hydrogens (tertiary/aromatic N) is 1.